The van der Waals surface area contributed by atoms with Crippen molar-refractivity contribution in [3.8, 4) is 0 Å². The number of hydrogen-bond donors (Lipinski definition) is 1. The fourth-order valence-electron chi connectivity index (χ4n) is 1.83. The number of methoxy groups -OCH3 is 1. The van der Waals surface area contributed by atoms with Crippen molar-refractivity contribution in [2.24, 2.45) is 0 Å². The zero-order valence-corrected chi connectivity index (χ0v) is 10.6. The zero-order valence-electron chi connectivity index (χ0n) is 10.6. The Morgan fingerprint density at radius 3 is 2.81 bits per heavy atom. The first-order valence-corrected chi connectivity index (χ1v) is 6.06. The largest absolute Gasteiger partial charge is 0.385 e. The molecule has 0 saturated heterocycles. The lowest BCUT2D eigenvalue weighted by Crippen LogP contribution is -2.23. The summed E-state index contributed by atoms with van der Waals surface area (Å²) in [4.78, 5) is 0. The highest BCUT2D eigenvalue weighted by atomic mass is 16.5. The molecule has 90 valence electrons. The van der Waals surface area contributed by atoms with Crippen LogP contribution in [0.2, 0.25) is 0 Å². The molecule has 0 heterocycles. The Kier molecular flexibility index (Phi) is 6.12. The predicted molar refractivity (Wildman–Crippen MR) is 68.7 cm³/mol. The summed E-state index contributed by atoms with van der Waals surface area (Å²) in [6, 6.07) is 9.12. The van der Waals surface area contributed by atoms with Crippen LogP contribution < -0.4 is 5.32 Å². The van der Waals surface area contributed by atoms with Crippen molar-refractivity contribution in [2.45, 2.75) is 32.7 Å². The van der Waals surface area contributed by atoms with Crippen LogP contribution in [0.4, 0.5) is 0 Å². The Bertz CT molecular complexity index is 291. The van der Waals surface area contributed by atoms with E-state index < -0.39 is 0 Å². The average Bonchev–Trinajstić information content (AvgIpc) is 2.29. The first-order chi connectivity index (χ1) is 7.77. The van der Waals surface area contributed by atoms with E-state index in [1.54, 1.807) is 7.11 Å². The summed E-state index contributed by atoms with van der Waals surface area (Å²) in [5.74, 6) is 0. The highest BCUT2D eigenvalue weighted by Crippen LogP contribution is 2.18. The number of hydrogen-bond acceptors (Lipinski definition) is 2. The van der Waals surface area contributed by atoms with Gasteiger partial charge in [-0.2, -0.15) is 0 Å². The number of rotatable bonds is 7. The molecular weight excluding hydrogens is 198 g/mol. The van der Waals surface area contributed by atoms with E-state index in [1.807, 2.05) is 0 Å². The maximum atomic E-state index is 5.16. The van der Waals surface area contributed by atoms with Gasteiger partial charge in [0.1, 0.15) is 0 Å². The summed E-state index contributed by atoms with van der Waals surface area (Å²) in [6.45, 7) is 6.19. The van der Waals surface area contributed by atoms with Crippen molar-refractivity contribution >= 4 is 0 Å². The number of nitrogens with one attached hydrogen (secondary N) is 1. The Balaban J connectivity index is 2.66. The van der Waals surface area contributed by atoms with Gasteiger partial charge in [0, 0.05) is 19.8 Å². The second-order valence-electron chi connectivity index (χ2n) is 4.20. The molecule has 0 aliphatic rings. The molecule has 1 atom stereocenters. The van der Waals surface area contributed by atoms with Crippen molar-refractivity contribution < 1.29 is 4.74 Å². The average molecular weight is 221 g/mol. The summed E-state index contributed by atoms with van der Waals surface area (Å²) < 4.78 is 5.16. The van der Waals surface area contributed by atoms with E-state index in [1.165, 1.54) is 11.1 Å². The first-order valence-electron chi connectivity index (χ1n) is 6.06. The summed E-state index contributed by atoms with van der Waals surface area (Å²) in [7, 11) is 1.76. The molecule has 16 heavy (non-hydrogen) atoms. The fourth-order valence-corrected chi connectivity index (χ4v) is 1.83. The summed E-state index contributed by atoms with van der Waals surface area (Å²) >= 11 is 0. The van der Waals surface area contributed by atoms with Gasteiger partial charge in [0.15, 0.2) is 0 Å². The van der Waals surface area contributed by atoms with Crippen LogP contribution in [0, 0.1) is 6.92 Å². The molecule has 0 saturated carbocycles. The molecule has 1 N–H and O–H groups in total. The van der Waals surface area contributed by atoms with Gasteiger partial charge in [-0.1, -0.05) is 36.8 Å². The molecule has 1 unspecified atom stereocenters. The molecule has 0 aromatic heterocycles. The Labute approximate surface area is 99.0 Å². The third kappa shape index (κ3) is 4.33. The number of aryl methyl sites for hydroxylation is 1. The van der Waals surface area contributed by atoms with Gasteiger partial charge >= 0.3 is 0 Å². The van der Waals surface area contributed by atoms with E-state index in [2.05, 4.69) is 43.4 Å². The second kappa shape index (κ2) is 7.42. The summed E-state index contributed by atoms with van der Waals surface area (Å²) in [5.41, 5.74) is 2.68. The quantitative estimate of drug-likeness (QED) is 0.764. The third-order valence-corrected chi connectivity index (χ3v) is 2.70. The Hall–Kier alpha value is -0.860. The van der Waals surface area contributed by atoms with Crippen LogP contribution in [0.1, 0.15) is 36.9 Å². The van der Waals surface area contributed by atoms with Crippen LogP contribution in [0.5, 0.6) is 0 Å². The Morgan fingerprint density at radius 2 is 2.19 bits per heavy atom. The van der Waals surface area contributed by atoms with Gasteiger partial charge in [0.05, 0.1) is 0 Å². The van der Waals surface area contributed by atoms with Gasteiger partial charge in [-0.15, -0.1) is 0 Å². The lowest BCUT2D eigenvalue weighted by atomic mass is 10.0. The lowest BCUT2D eigenvalue weighted by Gasteiger charge is -2.19. The number of ether oxygens (including phenoxy) is 1. The van der Waals surface area contributed by atoms with Crippen LogP contribution in [0.15, 0.2) is 24.3 Å². The van der Waals surface area contributed by atoms with Gasteiger partial charge in [-0.3, -0.25) is 0 Å². The molecule has 1 rings (SSSR count). The van der Waals surface area contributed by atoms with Crippen molar-refractivity contribution in [1.82, 2.24) is 5.32 Å². The summed E-state index contributed by atoms with van der Waals surface area (Å²) in [5, 5.41) is 3.57. The Morgan fingerprint density at radius 1 is 1.38 bits per heavy atom. The molecule has 0 amide bonds. The molecule has 0 bridgehead atoms. The monoisotopic (exact) mass is 221 g/mol. The highest BCUT2D eigenvalue weighted by Gasteiger charge is 2.09. The molecule has 2 nitrogen and oxygen atoms in total. The molecule has 0 spiro atoms. The number of benzene rings is 1. The minimum Gasteiger partial charge on any atom is -0.385 e. The van der Waals surface area contributed by atoms with E-state index in [4.69, 9.17) is 4.74 Å². The van der Waals surface area contributed by atoms with Crippen LogP contribution in [0.25, 0.3) is 0 Å². The van der Waals surface area contributed by atoms with Gasteiger partial charge in [0.2, 0.25) is 0 Å². The lowest BCUT2D eigenvalue weighted by molar-refractivity contribution is 0.183. The van der Waals surface area contributed by atoms with Gasteiger partial charge in [0.25, 0.3) is 0 Å². The van der Waals surface area contributed by atoms with E-state index in [0.717, 1.165) is 26.0 Å². The zero-order chi connectivity index (χ0) is 11.8. The maximum absolute atomic E-state index is 5.16. The normalized spacial score (nSPS) is 12.7. The molecule has 0 radical (unpaired) electrons. The molecule has 0 aliphatic carbocycles. The molecule has 2 heteroatoms. The van der Waals surface area contributed by atoms with Gasteiger partial charge < -0.3 is 10.1 Å². The molecule has 1 aromatic rings. The van der Waals surface area contributed by atoms with Crippen LogP contribution in [0.3, 0.4) is 0 Å². The van der Waals surface area contributed by atoms with Crippen molar-refractivity contribution in [3.05, 3.63) is 35.4 Å². The van der Waals surface area contributed by atoms with E-state index >= 15 is 0 Å². The third-order valence-electron chi connectivity index (χ3n) is 2.70. The van der Waals surface area contributed by atoms with Crippen LogP contribution in [-0.2, 0) is 4.74 Å². The van der Waals surface area contributed by atoms with Crippen molar-refractivity contribution in [2.75, 3.05) is 20.3 Å². The topological polar surface area (TPSA) is 21.3 Å². The van der Waals surface area contributed by atoms with Crippen molar-refractivity contribution in [1.29, 1.82) is 0 Å². The SMILES string of the molecule is CCCNC(CCOC)c1cccc(C)c1. The fraction of sp³-hybridized carbons (Fsp3) is 0.571. The van der Waals surface area contributed by atoms with Crippen LogP contribution in [-0.4, -0.2) is 20.3 Å². The summed E-state index contributed by atoms with van der Waals surface area (Å²) in [6.07, 6.45) is 2.19. The van der Waals surface area contributed by atoms with Gasteiger partial charge in [-0.05, 0) is 31.9 Å². The second-order valence-corrected chi connectivity index (χ2v) is 4.20. The smallest absolute Gasteiger partial charge is 0.0480 e. The molecule has 1 aromatic carbocycles. The van der Waals surface area contributed by atoms with E-state index in [-0.39, 0.29) is 0 Å². The van der Waals surface area contributed by atoms with Crippen LogP contribution >= 0.6 is 0 Å². The molecule has 0 fully saturated rings. The minimum absolute atomic E-state index is 0.416. The minimum atomic E-state index is 0.416. The predicted octanol–water partition coefficient (Wildman–Crippen LogP) is 3.07. The van der Waals surface area contributed by atoms with E-state index in [9.17, 15) is 0 Å². The maximum Gasteiger partial charge on any atom is 0.0480 e. The van der Waals surface area contributed by atoms with Crippen molar-refractivity contribution in [3.63, 3.8) is 0 Å². The molecule has 0 aliphatic heterocycles. The standard InChI is InChI=1S/C14H23NO/c1-4-9-15-14(8-10-16-3)13-7-5-6-12(2)11-13/h5-7,11,14-15H,4,8-10H2,1-3H3. The molecular formula is C14H23NO. The van der Waals surface area contributed by atoms with E-state index in [0.29, 0.717) is 6.04 Å². The highest BCUT2D eigenvalue weighted by molar-refractivity contribution is 5.25. The van der Waals surface area contributed by atoms with Gasteiger partial charge in [-0.25, -0.2) is 0 Å². The first kappa shape index (κ1) is 13.2.